The van der Waals surface area contributed by atoms with Crippen molar-refractivity contribution in [1.29, 1.82) is 0 Å². The molecule has 1 aliphatic carbocycles. The van der Waals surface area contributed by atoms with E-state index in [1.165, 1.54) is 38.5 Å². The molecule has 2 saturated heterocycles. The number of carbonyl (C=O) groups is 1. The normalized spacial score (nSPS) is 35.9. The third-order valence-electron chi connectivity index (χ3n) is 5.09. The van der Waals surface area contributed by atoms with E-state index in [9.17, 15) is 4.79 Å². The van der Waals surface area contributed by atoms with Gasteiger partial charge in [0.25, 0.3) is 0 Å². The quantitative estimate of drug-likeness (QED) is 0.804. The first-order valence-electron chi connectivity index (χ1n) is 7.85. The summed E-state index contributed by atoms with van der Waals surface area (Å²) in [5.41, 5.74) is 0. The Labute approximate surface area is 110 Å². The van der Waals surface area contributed by atoms with Crippen LogP contribution in [0.2, 0.25) is 0 Å². The lowest BCUT2D eigenvalue weighted by molar-refractivity contribution is -0.122. The molecule has 2 aliphatic heterocycles. The van der Waals surface area contributed by atoms with E-state index in [0.29, 0.717) is 24.0 Å². The predicted molar refractivity (Wildman–Crippen MR) is 72.3 cm³/mol. The summed E-state index contributed by atoms with van der Waals surface area (Å²) < 4.78 is 0. The van der Waals surface area contributed by atoms with Crippen LogP contribution in [0.25, 0.3) is 0 Å². The van der Waals surface area contributed by atoms with Gasteiger partial charge in [0.2, 0.25) is 5.91 Å². The molecule has 3 fully saturated rings. The topological polar surface area (TPSA) is 41.1 Å². The van der Waals surface area contributed by atoms with Crippen molar-refractivity contribution in [2.75, 3.05) is 0 Å². The van der Waals surface area contributed by atoms with Gasteiger partial charge in [0.15, 0.2) is 0 Å². The summed E-state index contributed by atoms with van der Waals surface area (Å²) >= 11 is 0. The van der Waals surface area contributed by atoms with Crippen molar-refractivity contribution in [2.45, 2.75) is 82.3 Å². The molecule has 0 aromatic heterocycles. The van der Waals surface area contributed by atoms with Crippen molar-refractivity contribution >= 4 is 5.91 Å². The Morgan fingerprint density at radius 3 is 2.39 bits per heavy atom. The summed E-state index contributed by atoms with van der Waals surface area (Å²) in [7, 11) is 0. The lowest BCUT2D eigenvalue weighted by atomic mass is 9.98. The SMILES string of the molecule is O=C(CCC1CCCC1)NC1CC2CCC(C1)N2. The number of amides is 1. The maximum Gasteiger partial charge on any atom is 0.220 e. The van der Waals surface area contributed by atoms with Gasteiger partial charge in [0, 0.05) is 24.5 Å². The van der Waals surface area contributed by atoms with Gasteiger partial charge in [-0.2, -0.15) is 0 Å². The molecule has 3 rings (SSSR count). The molecule has 1 amide bonds. The van der Waals surface area contributed by atoms with Gasteiger partial charge < -0.3 is 10.6 Å². The average Bonchev–Trinajstić information content (AvgIpc) is 2.97. The highest BCUT2D eigenvalue weighted by Gasteiger charge is 2.33. The third kappa shape index (κ3) is 3.05. The van der Waals surface area contributed by atoms with Crippen LogP contribution in [0, 0.1) is 5.92 Å². The van der Waals surface area contributed by atoms with E-state index < -0.39 is 0 Å². The van der Waals surface area contributed by atoms with Crippen LogP contribution in [-0.2, 0) is 4.79 Å². The van der Waals surface area contributed by atoms with E-state index in [4.69, 9.17) is 0 Å². The van der Waals surface area contributed by atoms with Crippen LogP contribution in [-0.4, -0.2) is 24.0 Å². The molecule has 2 atom stereocenters. The number of rotatable bonds is 4. The highest BCUT2D eigenvalue weighted by Crippen LogP contribution is 2.29. The highest BCUT2D eigenvalue weighted by atomic mass is 16.1. The Morgan fingerprint density at radius 1 is 1.06 bits per heavy atom. The maximum atomic E-state index is 12.0. The van der Waals surface area contributed by atoms with Crippen molar-refractivity contribution in [1.82, 2.24) is 10.6 Å². The monoisotopic (exact) mass is 250 g/mol. The van der Waals surface area contributed by atoms with Crippen LogP contribution in [0.5, 0.6) is 0 Å². The van der Waals surface area contributed by atoms with Gasteiger partial charge in [-0.1, -0.05) is 25.7 Å². The molecule has 2 N–H and O–H groups in total. The van der Waals surface area contributed by atoms with E-state index >= 15 is 0 Å². The van der Waals surface area contributed by atoms with Crippen LogP contribution in [0.4, 0.5) is 0 Å². The van der Waals surface area contributed by atoms with Gasteiger partial charge in [-0.15, -0.1) is 0 Å². The first-order chi connectivity index (χ1) is 8.79. The zero-order chi connectivity index (χ0) is 12.4. The van der Waals surface area contributed by atoms with Crippen molar-refractivity contribution in [2.24, 2.45) is 5.92 Å². The molecule has 0 spiro atoms. The standard InChI is InChI=1S/C15H26N2O/c18-15(8-5-11-3-1-2-4-11)17-14-9-12-6-7-13(10-14)16-12/h11-14,16H,1-10H2,(H,17,18). The minimum absolute atomic E-state index is 0.299. The molecule has 0 aromatic carbocycles. The van der Waals surface area contributed by atoms with E-state index in [1.807, 2.05) is 0 Å². The Kier molecular flexibility index (Phi) is 3.88. The first-order valence-corrected chi connectivity index (χ1v) is 7.85. The largest absolute Gasteiger partial charge is 0.353 e. The van der Waals surface area contributed by atoms with Gasteiger partial charge in [-0.25, -0.2) is 0 Å². The Balaban J connectivity index is 1.38. The smallest absolute Gasteiger partial charge is 0.220 e. The lowest BCUT2D eigenvalue weighted by Crippen LogP contribution is -2.48. The zero-order valence-corrected chi connectivity index (χ0v) is 11.3. The van der Waals surface area contributed by atoms with E-state index in [2.05, 4.69) is 10.6 Å². The second-order valence-electron chi connectivity index (χ2n) is 6.56. The average molecular weight is 250 g/mol. The van der Waals surface area contributed by atoms with Crippen LogP contribution < -0.4 is 10.6 Å². The maximum absolute atomic E-state index is 12.0. The summed E-state index contributed by atoms with van der Waals surface area (Å²) in [6.07, 6.45) is 12.2. The second-order valence-corrected chi connectivity index (χ2v) is 6.56. The summed E-state index contributed by atoms with van der Waals surface area (Å²) in [6, 6.07) is 1.78. The minimum atomic E-state index is 0.299. The summed E-state index contributed by atoms with van der Waals surface area (Å²) in [6.45, 7) is 0. The Bertz CT molecular complexity index is 287. The molecule has 3 nitrogen and oxygen atoms in total. The molecular weight excluding hydrogens is 224 g/mol. The fourth-order valence-corrected chi connectivity index (χ4v) is 4.11. The number of hydrogen-bond acceptors (Lipinski definition) is 2. The summed E-state index contributed by atoms with van der Waals surface area (Å²) in [5.74, 6) is 1.13. The predicted octanol–water partition coefficient (Wildman–Crippen LogP) is 2.36. The molecule has 18 heavy (non-hydrogen) atoms. The van der Waals surface area contributed by atoms with Crippen molar-refractivity contribution in [3.63, 3.8) is 0 Å². The van der Waals surface area contributed by atoms with Crippen LogP contribution >= 0.6 is 0 Å². The van der Waals surface area contributed by atoms with Crippen molar-refractivity contribution < 1.29 is 4.79 Å². The zero-order valence-electron chi connectivity index (χ0n) is 11.3. The van der Waals surface area contributed by atoms with Gasteiger partial charge >= 0.3 is 0 Å². The Morgan fingerprint density at radius 2 is 1.72 bits per heavy atom. The molecule has 3 aliphatic rings. The second kappa shape index (κ2) is 5.60. The van der Waals surface area contributed by atoms with Crippen molar-refractivity contribution in [3.8, 4) is 0 Å². The van der Waals surface area contributed by atoms with E-state index in [1.54, 1.807) is 0 Å². The molecule has 2 unspecified atom stereocenters. The number of carbonyl (C=O) groups excluding carboxylic acids is 1. The van der Waals surface area contributed by atoms with Crippen LogP contribution in [0.3, 0.4) is 0 Å². The molecule has 0 aromatic rings. The van der Waals surface area contributed by atoms with Gasteiger partial charge in [-0.3, -0.25) is 4.79 Å². The fourth-order valence-electron chi connectivity index (χ4n) is 4.11. The lowest BCUT2D eigenvalue weighted by Gasteiger charge is -2.29. The number of nitrogens with one attached hydrogen (secondary N) is 2. The molecule has 0 radical (unpaired) electrons. The molecule has 1 saturated carbocycles. The van der Waals surface area contributed by atoms with Crippen molar-refractivity contribution in [3.05, 3.63) is 0 Å². The fraction of sp³-hybridized carbons (Fsp3) is 0.933. The molecule has 3 heteroatoms. The summed E-state index contributed by atoms with van der Waals surface area (Å²) in [5, 5.41) is 6.88. The van der Waals surface area contributed by atoms with Gasteiger partial charge in [0.05, 0.1) is 0 Å². The first kappa shape index (κ1) is 12.5. The van der Waals surface area contributed by atoms with Gasteiger partial charge in [0.1, 0.15) is 0 Å². The summed E-state index contributed by atoms with van der Waals surface area (Å²) in [4.78, 5) is 12.0. The van der Waals surface area contributed by atoms with Crippen LogP contribution in [0.15, 0.2) is 0 Å². The van der Waals surface area contributed by atoms with Crippen LogP contribution in [0.1, 0.15) is 64.2 Å². The molecule has 2 heterocycles. The number of fused-ring (bicyclic) bond motifs is 2. The highest BCUT2D eigenvalue weighted by molar-refractivity contribution is 5.76. The number of hydrogen-bond donors (Lipinski definition) is 2. The number of piperidine rings is 1. The molecular formula is C15H26N2O. The van der Waals surface area contributed by atoms with E-state index in [0.717, 1.165) is 31.6 Å². The molecule has 102 valence electrons. The third-order valence-corrected chi connectivity index (χ3v) is 5.09. The molecule has 2 bridgehead atoms. The Hall–Kier alpha value is -0.570. The van der Waals surface area contributed by atoms with E-state index in [-0.39, 0.29) is 0 Å². The van der Waals surface area contributed by atoms with Gasteiger partial charge in [-0.05, 0) is 38.0 Å². The minimum Gasteiger partial charge on any atom is -0.353 e.